The van der Waals surface area contributed by atoms with Gasteiger partial charge in [-0.1, -0.05) is 24.3 Å². The van der Waals surface area contributed by atoms with Crippen LogP contribution in [0.1, 0.15) is 79.9 Å². The number of aliphatic carboxylic acids is 2. The second-order valence-electron chi connectivity index (χ2n) is 10.0. The first-order valence-corrected chi connectivity index (χ1v) is 12.2. The molecule has 0 bridgehead atoms. The van der Waals surface area contributed by atoms with Crippen molar-refractivity contribution in [2.45, 2.75) is 97.7 Å². The van der Waals surface area contributed by atoms with Crippen LogP contribution in [0, 0.1) is 0 Å². The van der Waals surface area contributed by atoms with Crippen molar-refractivity contribution in [3.63, 3.8) is 0 Å². The van der Waals surface area contributed by atoms with E-state index in [9.17, 15) is 9.59 Å². The van der Waals surface area contributed by atoms with Crippen molar-refractivity contribution in [1.82, 2.24) is 0 Å². The van der Waals surface area contributed by atoms with Gasteiger partial charge in [-0.25, -0.2) is 0 Å². The van der Waals surface area contributed by atoms with Crippen molar-refractivity contribution >= 4 is 36.5 Å². The molecule has 1 aromatic carbocycles. The number of rotatable bonds is 5. The van der Waals surface area contributed by atoms with E-state index >= 15 is 0 Å². The zero-order chi connectivity index (χ0) is 29.3. The van der Waals surface area contributed by atoms with E-state index in [0.717, 1.165) is 24.9 Å². The molecule has 38 heavy (non-hydrogen) atoms. The maximum absolute atomic E-state index is 11.4. The molecule has 0 amide bonds. The number of benzene rings is 1. The minimum absolute atomic E-state index is 0.135. The maximum atomic E-state index is 11.4. The Morgan fingerprint density at radius 3 is 1.76 bits per heavy atom. The molecular weight excluding hydrogens is 499 g/mol. The first-order chi connectivity index (χ1) is 17.4. The Hall–Kier alpha value is -2.96. The van der Waals surface area contributed by atoms with Gasteiger partial charge in [0, 0.05) is 40.5 Å². The predicted molar refractivity (Wildman–Crippen MR) is 138 cm³/mol. The number of carbonyl (C=O) groups is 4. The summed E-state index contributed by atoms with van der Waals surface area (Å²) in [5.41, 5.74) is 1.09. The summed E-state index contributed by atoms with van der Waals surface area (Å²) >= 11 is 0. The molecule has 2 aliphatic rings. The quantitative estimate of drug-likeness (QED) is 0.420. The maximum Gasteiger partial charge on any atom is 0.494 e. The average molecular weight is 538 g/mol. The van der Waals surface area contributed by atoms with Crippen LogP contribution in [-0.2, 0) is 42.7 Å². The third-order valence-electron chi connectivity index (χ3n) is 6.00. The van der Waals surface area contributed by atoms with Crippen molar-refractivity contribution in [3.05, 3.63) is 29.8 Å². The lowest BCUT2D eigenvalue weighted by Crippen LogP contribution is -2.41. The van der Waals surface area contributed by atoms with Gasteiger partial charge in [-0.2, -0.15) is 0 Å². The Morgan fingerprint density at radius 2 is 1.34 bits per heavy atom. The van der Waals surface area contributed by atoms with Gasteiger partial charge in [0.05, 0.1) is 23.4 Å². The second kappa shape index (κ2) is 14.3. The van der Waals surface area contributed by atoms with Gasteiger partial charge in [0.2, 0.25) is 0 Å². The van der Waals surface area contributed by atoms with Crippen LogP contribution in [0.15, 0.2) is 24.3 Å². The molecule has 0 spiro atoms. The lowest BCUT2D eigenvalue weighted by Gasteiger charge is -2.35. The number of esters is 2. The van der Waals surface area contributed by atoms with Gasteiger partial charge in [0.1, 0.15) is 12.7 Å². The van der Waals surface area contributed by atoms with Gasteiger partial charge >= 0.3 is 19.1 Å². The molecule has 0 aromatic heterocycles. The molecule has 1 aromatic rings. The van der Waals surface area contributed by atoms with Gasteiger partial charge < -0.3 is 33.7 Å². The molecule has 3 rings (SSSR count). The zero-order valence-electron chi connectivity index (χ0n) is 23.3. The first-order valence-electron chi connectivity index (χ1n) is 12.2. The van der Waals surface area contributed by atoms with E-state index in [0.29, 0.717) is 12.8 Å². The Balaban J connectivity index is 0.000000794. The fraction of sp³-hybridized carbons (Fsp3) is 0.615. The van der Waals surface area contributed by atoms with E-state index in [2.05, 4.69) is 0 Å². The molecule has 2 heterocycles. The number of hydrogen-bond donors (Lipinski definition) is 2. The zero-order valence-corrected chi connectivity index (χ0v) is 23.3. The Kier molecular flexibility index (Phi) is 12.4. The highest BCUT2D eigenvalue weighted by Crippen LogP contribution is 2.37. The van der Waals surface area contributed by atoms with Gasteiger partial charge in [-0.05, 0) is 38.7 Å². The molecule has 0 radical (unpaired) electrons. The largest absolute Gasteiger partial charge is 0.494 e. The summed E-state index contributed by atoms with van der Waals surface area (Å²) < 4.78 is 28.9. The average Bonchev–Trinajstić information content (AvgIpc) is 2.98. The van der Waals surface area contributed by atoms with Crippen molar-refractivity contribution < 1.29 is 52.9 Å². The van der Waals surface area contributed by atoms with Crippen molar-refractivity contribution in [1.29, 1.82) is 0 Å². The van der Waals surface area contributed by atoms with E-state index in [-0.39, 0.29) is 36.9 Å². The summed E-state index contributed by atoms with van der Waals surface area (Å²) in [6.45, 7) is 13.1. The molecule has 3 atom stereocenters. The Bertz CT molecular complexity index is 922. The summed E-state index contributed by atoms with van der Waals surface area (Å²) in [6, 6.07) is 7.89. The van der Waals surface area contributed by atoms with Crippen molar-refractivity contribution in [2.24, 2.45) is 0 Å². The summed E-state index contributed by atoms with van der Waals surface area (Å²) in [5, 5.41) is 14.8. The van der Waals surface area contributed by atoms with Crippen molar-refractivity contribution in [3.8, 4) is 0 Å². The highest BCUT2D eigenvalue weighted by Gasteiger charge is 2.51. The van der Waals surface area contributed by atoms with E-state index < -0.39 is 30.3 Å². The smallest absolute Gasteiger partial charge is 0.481 e. The minimum Gasteiger partial charge on any atom is -0.481 e. The standard InChI is InChI=1S/C22H31BO7.2C2H4O2/c1-14(24)26-13-19-11-18(27-15(2)25)12-20(28-19)16-7-9-17(10-8-16)23-29-21(3,4)22(5,6)30-23;2*1-2(3)4/h7-10,18-20H,11-13H2,1-6H3;2*1H3,(H,3,4). The number of carboxylic acid groups (broad SMARTS) is 2. The minimum atomic E-state index is -0.833. The molecule has 2 saturated heterocycles. The fourth-order valence-corrected chi connectivity index (χ4v) is 3.68. The molecule has 11 nitrogen and oxygen atoms in total. The number of carbonyl (C=O) groups excluding carboxylic acids is 2. The Morgan fingerprint density at radius 1 is 0.868 bits per heavy atom. The third-order valence-corrected chi connectivity index (χ3v) is 6.00. The SMILES string of the molecule is CC(=O)O.CC(=O)O.CC(=O)OCC1CC(OC(C)=O)CC(c2ccc(B3OC(C)(C)C(C)(C)O3)cc2)O1. The molecule has 12 heteroatoms. The molecule has 2 N–H and O–H groups in total. The molecule has 212 valence electrons. The van der Waals surface area contributed by atoms with Crippen LogP contribution in [0.3, 0.4) is 0 Å². The van der Waals surface area contributed by atoms with Crippen LogP contribution in [0.5, 0.6) is 0 Å². The van der Waals surface area contributed by atoms with Gasteiger partial charge in [-0.15, -0.1) is 0 Å². The lowest BCUT2D eigenvalue weighted by molar-refractivity contribution is -0.169. The summed E-state index contributed by atoms with van der Waals surface area (Å²) in [7, 11) is -0.429. The van der Waals surface area contributed by atoms with E-state index in [1.807, 2.05) is 52.0 Å². The Labute approximate surface area is 223 Å². The van der Waals surface area contributed by atoms with Crippen LogP contribution >= 0.6 is 0 Å². The summed E-state index contributed by atoms with van der Waals surface area (Å²) in [4.78, 5) is 40.6. The molecule has 2 aliphatic heterocycles. The molecule has 2 fully saturated rings. The number of ether oxygens (including phenoxy) is 3. The van der Waals surface area contributed by atoms with Crippen LogP contribution in [0.4, 0.5) is 0 Å². The summed E-state index contributed by atoms with van der Waals surface area (Å²) in [5.74, 6) is -2.36. The monoisotopic (exact) mass is 538 g/mol. The van der Waals surface area contributed by atoms with Gasteiger partial charge in [0.25, 0.3) is 11.9 Å². The first kappa shape index (κ1) is 33.1. The van der Waals surface area contributed by atoms with Crippen LogP contribution in [-0.4, -0.2) is 71.2 Å². The third kappa shape index (κ3) is 11.2. The highest BCUT2D eigenvalue weighted by atomic mass is 16.7. The lowest BCUT2D eigenvalue weighted by atomic mass is 9.78. The second-order valence-corrected chi connectivity index (χ2v) is 10.0. The molecule has 3 unspecified atom stereocenters. The van der Waals surface area contributed by atoms with Crippen LogP contribution in [0.25, 0.3) is 0 Å². The van der Waals surface area contributed by atoms with Crippen LogP contribution in [0.2, 0.25) is 0 Å². The van der Waals surface area contributed by atoms with E-state index in [1.54, 1.807) is 0 Å². The van der Waals surface area contributed by atoms with E-state index in [1.165, 1.54) is 13.8 Å². The molecule has 0 aliphatic carbocycles. The summed E-state index contributed by atoms with van der Waals surface area (Å²) in [6.07, 6.45) is 0.154. The predicted octanol–water partition coefficient (Wildman–Crippen LogP) is 2.88. The number of hydrogen-bond acceptors (Lipinski definition) is 9. The highest BCUT2D eigenvalue weighted by molar-refractivity contribution is 6.62. The number of carboxylic acids is 2. The fourth-order valence-electron chi connectivity index (χ4n) is 3.68. The van der Waals surface area contributed by atoms with Gasteiger partial charge in [0.15, 0.2) is 0 Å². The molecule has 0 saturated carbocycles. The van der Waals surface area contributed by atoms with Crippen molar-refractivity contribution in [2.75, 3.05) is 6.61 Å². The topological polar surface area (TPSA) is 155 Å². The normalized spacial score (nSPS) is 23.1. The van der Waals surface area contributed by atoms with Gasteiger partial charge in [-0.3, -0.25) is 19.2 Å². The molecular formula is C26H39BO11. The van der Waals surface area contributed by atoms with E-state index in [4.69, 9.17) is 43.3 Å². The van der Waals surface area contributed by atoms with Crippen LogP contribution < -0.4 is 5.46 Å².